The summed E-state index contributed by atoms with van der Waals surface area (Å²) in [5, 5.41) is 0. The number of ether oxygens (including phenoxy) is 3. The summed E-state index contributed by atoms with van der Waals surface area (Å²) in [5.41, 5.74) is 2.89. The van der Waals surface area contributed by atoms with Crippen molar-refractivity contribution in [3.63, 3.8) is 0 Å². The molecule has 2 aromatic rings. The van der Waals surface area contributed by atoms with Crippen molar-refractivity contribution in [3.8, 4) is 17.2 Å². The molecule has 29 heavy (non-hydrogen) atoms. The van der Waals surface area contributed by atoms with Gasteiger partial charge in [0.25, 0.3) is 0 Å². The molecule has 5 nitrogen and oxygen atoms in total. The minimum Gasteiger partial charge on any atom is -0.494 e. The van der Waals surface area contributed by atoms with Crippen LogP contribution in [0.4, 0.5) is 4.39 Å². The second kappa shape index (κ2) is 8.41. The van der Waals surface area contributed by atoms with Crippen LogP contribution in [0.2, 0.25) is 0 Å². The second-order valence-corrected chi connectivity index (χ2v) is 7.66. The number of hydrogen-bond acceptors (Lipinski definition) is 5. The maximum Gasteiger partial charge on any atom is 0.231 e. The summed E-state index contributed by atoms with van der Waals surface area (Å²) < 4.78 is 31.4. The summed E-state index contributed by atoms with van der Waals surface area (Å²) in [7, 11) is 0. The number of nitrogens with zero attached hydrogens (tertiary/aromatic N) is 1. The Kier molecular flexibility index (Phi) is 5.72. The molecule has 0 aromatic heterocycles. The molecule has 2 aromatic carbocycles. The minimum absolute atomic E-state index is 0.157. The lowest BCUT2D eigenvalue weighted by molar-refractivity contribution is -0.109. The highest BCUT2D eigenvalue weighted by Gasteiger charge is 2.36. The van der Waals surface area contributed by atoms with Gasteiger partial charge in [0.15, 0.2) is 11.5 Å². The zero-order valence-electron chi connectivity index (χ0n) is 16.8. The van der Waals surface area contributed by atoms with Crippen molar-refractivity contribution in [1.29, 1.82) is 0 Å². The molecule has 0 aliphatic carbocycles. The van der Waals surface area contributed by atoms with Gasteiger partial charge in [0.05, 0.1) is 13.2 Å². The molecule has 2 atom stereocenters. The third-order valence-corrected chi connectivity index (χ3v) is 5.72. The summed E-state index contributed by atoms with van der Waals surface area (Å²) in [6.07, 6.45) is 2.49. The van der Waals surface area contributed by atoms with E-state index in [2.05, 4.69) is 6.92 Å². The third kappa shape index (κ3) is 3.94. The monoisotopic (exact) mass is 399 g/mol. The summed E-state index contributed by atoms with van der Waals surface area (Å²) in [4.78, 5) is 13.3. The van der Waals surface area contributed by atoms with E-state index < -0.39 is 0 Å². The van der Waals surface area contributed by atoms with Gasteiger partial charge in [-0.25, -0.2) is 4.39 Å². The van der Waals surface area contributed by atoms with Gasteiger partial charge in [0.1, 0.15) is 17.9 Å². The first-order valence-electron chi connectivity index (χ1n) is 10.1. The van der Waals surface area contributed by atoms with E-state index in [4.69, 9.17) is 14.2 Å². The third-order valence-electron chi connectivity index (χ3n) is 5.72. The lowest BCUT2D eigenvalue weighted by Gasteiger charge is -2.23. The van der Waals surface area contributed by atoms with Crippen molar-refractivity contribution in [2.24, 2.45) is 0 Å². The van der Waals surface area contributed by atoms with Gasteiger partial charge in [-0.05, 0) is 55.0 Å². The molecule has 0 saturated carbocycles. The SMILES string of the molecule is CCCOc1ccc([C@H]2CC(c3cc4c(cc3C)OCO4)CN2CC=O)c(F)c1. The highest BCUT2D eigenvalue weighted by atomic mass is 19.1. The lowest BCUT2D eigenvalue weighted by atomic mass is 9.90. The average Bonchev–Trinajstić information content (AvgIpc) is 3.32. The van der Waals surface area contributed by atoms with E-state index in [0.29, 0.717) is 24.5 Å². The highest BCUT2D eigenvalue weighted by molar-refractivity contribution is 5.53. The number of fused-ring (bicyclic) bond motifs is 1. The van der Waals surface area contributed by atoms with Crippen LogP contribution in [0.5, 0.6) is 17.2 Å². The van der Waals surface area contributed by atoms with Gasteiger partial charge in [-0.2, -0.15) is 0 Å². The fourth-order valence-corrected chi connectivity index (χ4v) is 4.34. The van der Waals surface area contributed by atoms with Crippen LogP contribution in [0, 0.1) is 12.7 Å². The molecular weight excluding hydrogens is 373 g/mol. The number of rotatable bonds is 7. The number of aryl methyl sites for hydroxylation is 1. The molecule has 1 fully saturated rings. The molecule has 0 spiro atoms. The molecular formula is C23H26FNO4. The molecule has 2 heterocycles. The maximum atomic E-state index is 14.9. The summed E-state index contributed by atoms with van der Waals surface area (Å²) in [5.74, 6) is 1.95. The van der Waals surface area contributed by atoms with E-state index in [9.17, 15) is 9.18 Å². The molecule has 0 N–H and O–H groups in total. The van der Waals surface area contributed by atoms with Crippen LogP contribution in [0.15, 0.2) is 30.3 Å². The topological polar surface area (TPSA) is 48.0 Å². The number of aldehydes is 1. The smallest absolute Gasteiger partial charge is 0.231 e. The Morgan fingerprint density at radius 1 is 1.21 bits per heavy atom. The molecule has 1 unspecified atom stereocenters. The van der Waals surface area contributed by atoms with Gasteiger partial charge in [0.2, 0.25) is 6.79 Å². The number of hydrogen-bond donors (Lipinski definition) is 0. The number of likely N-dealkylation sites (tertiary alicyclic amines) is 1. The van der Waals surface area contributed by atoms with Crippen LogP contribution in [0.1, 0.15) is 48.4 Å². The Bertz CT molecular complexity index is 901. The van der Waals surface area contributed by atoms with Crippen LogP contribution in [-0.4, -0.2) is 37.7 Å². The van der Waals surface area contributed by atoms with Crippen LogP contribution in [0.25, 0.3) is 0 Å². The highest BCUT2D eigenvalue weighted by Crippen LogP contribution is 2.45. The Balaban J connectivity index is 1.60. The fourth-order valence-electron chi connectivity index (χ4n) is 4.34. The van der Waals surface area contributed by atoms with E-state index in [1.807, 2.05) is 30.0 Å². The summed E-state index contributed by atoms with van der Waals surface area (Å²) in [6.45, 7) is 5.83. The van der Waals surface area contributed by atoms with Gasteiger partial charge in [0, 0.05) is 24.2 Å². The average molecular weight is 399 g/mol. The van der Waals surface area contributed by atoms with Gasteiger partial charge in [-0.15, -0.1) is 0 Å². The van der Waals surface area contributed by atoms with E-state index in [1.165, 1.54) is 6.07 Å². The Morgan fingerprint density at radius 2 is 2.00 bits per heavy atom. The summed E-state index contributed by atoms with van der Waals surface area (Å²) in [6, 6.07) is 8.92. The minimum atomic E-state index is -0.289. The number of carbonyl (C=O) groups excluding carboxylic acids is 1. The lowest BCUT2D eigenvalue weighted by Crippen LogP contribution is -2.26. The number of halogens is 1. The summed E-state index contributed by atoms with van der Waals surface area (Å²) >= 11 is 0. The van der Waals surface area contributed by atoms with E-state index in [0.717, 1.165) is 41.8 Å². The van der Waals surface area contributed by atoms with Gasteiger partial charge >= 0.3 is 0 Å². The van der Waals surface area contributed by atoms with Crippen LogP contribution < -0.4 is 14.2 Å². The van der Waals surface area contributed by atoms with Crippen LogP contribution >= 0.6 is 0 Å². The quantitative estimate of drug-likeness (QED) is 0.647. The largest absolute Gasteiger partial charge is 0.494 e. The Morgan fingerprint density at radius 3 is 2.72 bits per heavy atom. The van der Waals surface area contributed by atoms with Gasteiger partial charge in [-0.1, -0.05) is 13.0 Å². The molecule has 6 heteroatoms. The first-order chi connectivity index (χ1) is 14.1. The van der Waals surface area contributed by atoms with Crippen molar-refractivity contribution in [3.05, 3.63) is 52.8 Å². The van der Waals surface area contributed by atoms with E-state index in [1.54, 1.807) is 6.07 Å². The molecule has 4 rings (SSSR count). The van der Waals surface area contributed by atoms with Crippen molar-refractivity contribution in [2.45, 2.75) is 38.6 Å². The first-order valence-corrected chi connectivity index (χ1v) is 10.1. The molecule has 0 amide bonds. The zero-order valence-corrected chi connectivity index (χ0v) is 16.8. The zero-order chi connectivity index (χ0) is 20.4. The van der Waals surface area contributed by atoms with Crippen molar-refractivity contribution in [2.75, 3.05) is 26.5 Å². The Hall–Kier alpha value is -2.60. The number of carbonyl (C=O) groups is 1. The van der Waals surface area contributed by atoms with Crippen molar-refractivity contribution in [1.82, 2.24) is 4.90 Å². The van der Waals surface area contributed by atoms with E-state index >= 15 is 0 Å². The maximum absolute atomic E-state index is 14.9. The normalized spacial score (nSPS) is 20.8. The van der Waals surface area contributed by atoms with Crippen LogP contribution in [-0.2, 0) is 4.79 Å². The van der Waals surface area contributed by atoms with Crippen molar-refractivity contribution >= 4 is 6.29 Å². The first kappa shape index (κ1) is 19.7. The predicted molar refractivity (Wildman–Crippen MR) is 107 cm³/mol. The molecule has 154 valence electrons. The van der Waals surface area contributed by atoms with E-state index in [-0.39, 0.29) is 31.1 Å². The molecule has 0 bridgehead atoms. The predicted octanol–water partition coefficient (Wildman–Crippen LogP) is 4.38. The standard InChI is InChI=1S/C23H26FNO4/c1-3-8-27-17-4-5-18(20(24)11-17)21-10-16(13-25(21)6-7-26)19-12-23-22(9-15(19)2)28-14-29-23/h4-5,7,9,11-12,16,21H,3,6,8,10,13-14H2,1-2H3/t16?,21-/m1/s1. The second-order valence-electron chi connectivity index (χ2n) is 7.66. The van der Waals surface area contributed by atoms with Gasteiger partial charge < -0.3 is 19.0 Å². The number of benzene rings is 2. The van der Waals surface area contributed by atoms with Gasteiger partial charge in [-0.3, -0.25) is 4.90 Å². The Labute approximate surface area is 170 Å². The molecule has 2 aliphatic heterocycles. The van der Waals surface area contributed by atoms with Crippen LogP contribution in [0.3, 0.4) is 0 Å². The molecule has 0 radical (unpaired) electrons. The van der Waals surface area contributed by atoms with Crippen molar-refractivity contribution < 1.29 is 23.4 Å². The molecule has 1 saturated heterocycles. The fraction of sp³-hybridized carbons (Fsp3) is 0.435. The molecule has 2 aliphatic rings.